The van der Waals surface area contributed by atoms with Gasteiger partial charge in [-0.25, -0.2) is 4.98 Å². The molecule has 0 atom stereocenters. The Balaban J connectivity index is 2.28. The summed E-state index contributed by atoms with van der Waals surface area (Å²) in [7, 11) is 0. The average Bonchev–Trinajstić information content (AvgIpc) is 2.12. The first-order valence-corrected chi connectivity index (χ1v) is 4.49. The van der Waals surface area contributed by atoms with Gasteiger partial charge in [0.2, 0.25) is 0 Å². The Morgan fingerprint density at radius 2 is 2.36 bits per heavy atom. The van der Waals surface area contributed by atoms with Gasteiger partial charge >= 0.3 is 5.97 Å². The fourth-order valence-electron chi connectivity index (χ4n) is 0.883. The largest absolute Gasteiger partial charge is 0.481 e. The lowest BCUT2D eigenvalue weighted by atomic mass is 10.3. The zero-order valence-corrected chi connectivity index (χ0v) is 8.16. The monoisotopic (exact) mass is 215 g/mol. The molecular weight excluding hydrogens is 206 g/mol. The fourth-order valence-corrected chi connectivity index (χ4v) is 1.03. The third kappa shape index (κ3) is 4.04. The van der Waals surface area contributed by atoms with Crippen molar-refractivity contribution < 1.29 is 9.90 Å². The van der Waals surface area contributed by atoms with Crippen LogP contribution in [0.3, 0.4) is 0 Å². The van der Waals surface area contributed by atoms with Crippen molar-refractivity contribution in [3.05, 3.63) is 17.5 Å². The number of rotatable bonds is 5. The number of hydrogen-bond donors (Lipinski definition) is 2. The lowest BCUT2D eigenvalue weighted by molar-refractivity contribution is -0.137. The summed E-state index contributed by atoms with van der Waals surface area (Å²) in [6.07, 6.45) is 3.65. The van der Waals surface area contributed by atoms with Gasteiger partial charge in [0.05, 0.1) is 12.4 Å². The van der Waals surface area contributed by atoms with E-state index in [1.807, 2.05) is 0 Å². The van der Waals surface area contributed by atoms with Crippen LogP contribution in [-0.4, -0.2) is 27.6 Å². The van der Waals surface area contributed by atoms with Gasteiger partial charge in [0.25, 0.3) is 0 Å². The SMILES string of the molecule is O=C(O)CCCNc1cncc(Cl)n1. The number of halogens is 1. The second-order valence-corrected chi connectivity index (χ2v) is 3.04. The second-order valence-electron chi connectivity index (χ2n) is 2.65. The molecule has 2 N–H and O–H groups in total. The van der Waals surface area contributed by atoms with Crippen LogP contribution in [0.15, 0.2) is 12.4 Å². The summed E-state index contributed by atoms with van der Waals surface area (Å²) in [5.41, 5.74) is 0. The summed E-state index contributed by atoms with van der Waals surface area (Å²) in [5.74, 6) is -0.244. The van der Waals surface area contributed by atoms with Gasteiger partial charge in [-0.1, -0.05) is 11.6 Å². The number of nitrogens with one attached hydrogen (secondary N) is 1. The summed E-state index contributed by atoms with van der Waals surface area (Å²) in [6, 6.07) is 0. The number of carboxylic acid groups (broad SMARTS) is 1. The Bertz CT molecular complexity index is 319. The lowest BCUT2D eigenvalue weighted by Gasteiger charge is -2.03. The highest BCUT2D eigenvalue weighted by Gasteiger charge is 1.98. The molecule has 0 saturated carbocycles. The minimum atomic E-state index is -0.802. The first kappa shape index (κ1) is 10.7. The molecule has 1 aromatic heterocycles. The fraction of sp³-hybridized carbons (Fsp3) is 0.375. The first-order chi connectivity index (χ1) is 6.68. The van der Waals surface area contributed by atoms with E-state index in [0.29, 0.717) is 23.9 Å². The molecule has 1 heterocycles. The molecule has 0 aliphatic rings. The summed E-state index contributed by atoms with van der Waals surface area (Å²) in [6.45, 7) is 0.543. The number of aromatic nitrogens is 2. The van der Waals surface area contributed by atoms with Crippen molar-refractivity contribution >= 4 is 23.4 Å². The van der Waals surface area contributed by atoms with Crippen LogP contribution < -0.4 is 5.32 Å². The van der Waals surface area contributed by atoms with E-state index in [4.69, 9.17) is 16.7 Å². The van der Waals surface area contributed by atoms with Crippen molar-refractivity contribution in [2.24, 2.45) is 0 Å². The van der Waals surface area contributed by atoms with Crippen LogP contribution in [0.4, 0.5) is 5.82 Å². The van der Waals surface area contributed by atoms with Crippen LogP contribution in [0, 0.1) is 0 Å². The highest BCUT2D eigenvalue weighted by Crippen LogP contribution is 2.06. The topological polar surface area (TPSA) is 75.1 Å². The molecule has 0 aliphatic carbocycles. The maximum absolute atomic E-state index is 10.2. The number of nitrogens with zero attached hydrogens (tertiary/aromatic N) is 2. The Morgan fingerprint density at radius 3 is 3.00 bits per heavy atom. The van der Waals surface area contributed by atoms with E-state index in [1.165, 1.54) is 12.4 Å². The van der Waals surface area contributed by atoms with Crippen molar-refractivity contribution in [1.82, 2.24) is 9.97 Å². The number of carbonyl (C=O) groups is 1. The lowest BCUT2D eigenvalue weighted by Crippen LogP contribution is -2.06. The molecule has 0 radical (unpaired) electrons. The van der Waals surface area contributed by atoms with Gasteiger partial charge in [-0.15, -0.1) is 0 Å². The van der Waals surface area contributed by atoms with E-state index in [-0.39, 0.29) is 6.42 Å². The van der Waals surface area contributed by atoms with Crippen molar-refractivity contribution in [1.29, 1.82) is 0 Å². The zero-order valence-electron chi connectivity index (χ0n) is 7.40. The molecule has 76 valence electrons. The number of hydrogen-bond acceptors (Lipinski definition) is 4. The molecule has 0 aromatic carbocycles. The molecule has 1 aromatic rings. The molecule has 0 bridgehead atoms. The van der Waals surface area contributed by atoms with Crippen LogP contribution in [-0.2, 0) is 4.79 Å². The van der Waals surface area contributed by atoms with Crippen LogP contribution in [0.25, 0.3) is 0 Å². The number of aliphatic carboxylic acids is 1. The molecule has 5 nitrogen and oxygen atoms in total. The van der Waals surface area contributed by atoms with E-state index >= 15 is 0 Å². The predicted molar refractivity (Wildman–Crippen MR) is 52.4 cm³/mol. The molecule has 0 unspecified atom stereocenters. The standard InChI is InChI=1S/C8H10ClN3O2/c9-6-4-10-5-7(12-6)11-3-1-2-8(13)14/h4-5H,1-3H2,(H,11,12)(H,13,14). The Hall–Kier alpha value is -1.36. The molecular formula is C8H10ClN3O2. The molecule has 14 heavy (non-hydrogen) atoms. The van der Waals surface area contributed by atoms with Crippen molar-refractivity contribution in [3.63, 3.8) is 0 Å². The maximum Gasteiger partial charge on any atom is 0.303 e. The summed E-state index contributed by atoms with van der Waals surface area (Å²) >= 11 is 5.60. The van der Waals surface area contributed by atoms with Gasteiger partial charge in [0.1, 0.15) is 11.0 Å². The van der Waals surface area contributed by atoms with E-state index in [0.717, 1.165) is 0 Å². The van der Waals surface area contributed by atoms with Crippen LogP contribution in [0.1, 0.15) is 12.8 Å². The van der Waals surface area contributed by atoms with Crippen molar-refractivity contribution in [2.75, 3.05) is 11.9 Å². The highest BCUT2D eigenvalue weighted by atomic mass is 35.5. The number of anilines is 1. The minimum Gasteiger partial charge on any atom is -0.481 e. The van der Waals surface area contributed by atoms with Crippen LogP contribution in [0.2, 0.25) is 5.15 Å². The zero-order chi connectivity index (χ0) is 10.4. The van der Waals surface area contributed by atoms with Crippen molar-refractivity contribution in [2.45, 2.75) is 12.8 Å². The summed E-state index contributed by atoms with van der Waals surface area (Å²) in [5, 5.41) is 11.6. The predicted octanol–water partition coefficient (Wildman–Crippen LogP) is 1.41. The minimum absolute atomic E-state index is 0.140. The molecule has 0 fully saturated rings. The summed E-state index contributed by atoms with van der Waals surface area (Å²) in [4.78, 5) is 17.9. The van der Waals surface area contributed by atoms with Gasteiger partial charge in [0.15, 0.2) is 0 Å². The van der Waals surface area contributed by atoms with Crippen LogP contribution in [0.5, 0.6) is 0 Å². The Morgan fingerprint density at radius 1 is 1.57 bits per heavy atom. The average molecular weight is 216 g/mol. The van der Waals surface area contributed by atoms with E-state index in [1.54, 1.807) is 0 Å². The molecule has 0 saturated heterocycles. The Kier molecular flexibility index (Phi) is 4.12. The molecule has 0 spiro atoms. The maximum atomic E-state index is 10.2. The smallest absolute Gasteiger partial charge is 0.303 e. The molecule has 0 amide bonds. The molecule has 6 heteroatoms. The van der Waals surface area contributed by atoms with Gasteiger partial charge in [0, 0.05) is 13.0 Å². The van der Waals surface area contributed by atoms with E-state index in [9.17, 15) is 4.79 Å². The Labute approximate surface area is 86.1 Å². The van der Waals surface area contributed by atoms with Gasteiger partial charge in [-0.2, -0.15) is 0 Å². The van der Waals surface area contributed by atoms with Crippen molar-refractivity contribution in [3.8, 4) is 0 Å². The van der Waals surface area contributed by atoms with Crippen LogP contribution >= 0.6 is 11.6 Å². The van der Waals surface area contributed by atoms with E-state index in [2.05, 4.69) is 15.3 Å². The summed E-state index contributed by atoms with van der Waals surface area (Å²) < 4.78 is 0. The molecule has 1 rings (SSSR count). The van der Waals surface area contributed by atoms with Gasteiger partial charge in [-0.3, -0.25) is 9.78 Å². The number of carboxylic acids is 1. The quantitative estimate of drug-likeness (QED) is 0.727. The van der Waals surface area contributed by atoms with Gasteiger partial charge < -0.3 is 10.4 Å². The normalized spacial score (nSPS) is 9.79. The molecule has 0 aliphatic heterocycles. The first-order valence-electron chi connectivity index (χ1n) is 4.11. The third-order valence-electron chi connectivity index (χ3n) is 1.48. The third-order valence-corrected chi connectivity index (χ3v) is 1.66. The van der Waals surface area contributed by atoms with E-state index < -0.39 is 5.97 Å². The second kappa shape index (κ2) is 5.39. The highest BCUT2D eigenvalue weighted by molar-refractivity contribution is 6.29. The van der Waals surface area contributed by atoms with Gasteiger partial charge in [-0.05, 0) is 6.42 Å².